The Morgan fingerprint density at radius 3 is 2.74 bits per heavy atom. The molecule has 0 aliphatic heterocycles. The molecule has 0 bridgehead atoms. The lowest BCUT2D eigenvalue weighted by molar-refractivity contribution is 0.566. The van der Waals surface area contributed by atoms with Crippen LogP contribution in [0.25, 0.3) is 0 Å². The predicted octanol–water partition coefficient (Wildman–Crippen LogP) is 0.716. The quantitative estimate of drug-likeness (QED) is 0.855. The van der Waals surface area contributed by atoms with Crippen molar-refractivity contribution in [3.05, 3.63) is 42.0 Å². The Labute approximate surface area is 110 Å². The number of aromatic amines is 1. The van der Waals surface area contributed by atoms with E-state index in [4.69, 9.17) is 5.26 Å². The summed E-state index contributed by atoms with van der Waals surface area (Å²) in [6.45, 7) is 1.71. The smallest absolute Gasteiger partial charge is 0.242 e. The summed E-state index contributed by atoms with van der Waals surface area (Å²) < 4.78 is 26.6. The third kappa shape index (κ3) is 2.96. The first kappa shape index (κ1) is 13.2. The van der Waals surface area contributed by atoms with E-state index in [1.54, 1.807) is 19.3 Å². The van der Waals surface area contributed by atoms with Gasteiger partial charge in [0, 0.05) is 24.0 Å². The highest BCUT2D eigenvalue weighted by atomic mass is 32.2. The first-order valence-electron chi connectivity index (χ1n) is 5.40. The number of nitrogens with one attached hydrogen (secondary N) is 2. The van der Waals surface area contributed by atoms with Gasteiger partial charge in [0.05, 0.1) is 6.20 Å². The highest BCUT2D eigenvalue weighted by Crippen LogP contribution is 2.15. The largest absolute Gasteiger partial charge is 0.285 e. The molecule has 0 fully saturated rings. The normalized spacial score (nSPS) is 12.8. The second kappa shape index (κ2) is 5.17. The summed E-state index contributed by atoms with van der Waals surface area (Å²) in [6, 6.07) is 4.11. The van der Waals surface area contributed by atoms with Gasteiger partial charge < -0.3 is 0 Å². The summed E-state index contributed by atoms with van der Waals surface area (Å²) in [7, 11) is -3.67. The number of hydrogen-bond acceptors (Lipinski definition) is 5. The molecule has 0 aromatic carbocycles. The van der Waals surface area contributed by atoms with E-state index in [0.29, 0.717) is 0 Å². The molecule has 2 aromatic heterocycles. The van der Waals surface area contributed by atoms with Gasteiger partial charge in [-0.15, -0.1) is 0 Å². The number of nitrogens with zero attached hydrogens (tertiary/aromatic N) is 3. The fourth-order valence-corrected chi connectivity index (χ4v) is 2.65. The van der Waals surface area contributed by atoms with E-state index < -0.39 is 16.1 Å². The van der Waals surface area contributed by atoms with Crippen molar-refractivity contribution in [1.82, 2.24) is 19.9 Å². The van der Waals surface area contributed by atoms with Gasteiger partial charge in [-0.3, -0.25) is 5.10 Å². The molecule has 2 aromatic rings. The number of rotatable bonds is 4. The molecule has 0 radical (unpaired) electrons. The van der Waals surface area contributed by atoms with E-state index in [2.05, 4.69) is 19.9 Å². The Bertz CT molecular complexity index is 686. The van der Waals surface area contributed by atoms with Gasteiger partial charge in [-0.1, -0.05) is 0 Å². The van der Waals surface area contributed by atoms with Gasteiger partial charge in [0.2, 0.25) is 10.0 Å². The standard InChI is InChI=1S/C11H11N5O2S/c1-8(9-5-14-15-6-9)16-19(17,18)11-3-2-10(4-12)13-7-11/h2-3,5-8,16H,1H3,(H,14,15). The van der Waals surface area contributed by atoms with Gasteiger partial charge in [0.25, 0.3) is 0 Å². The van der Waals surface area contributed by atoms with E-state index in [0.717, 1.165) is 11.8 Å². The van der Waals surface area contributed by atoms with Crippen molar-refractivity contribution in [3.63, 3.8) is 0 Å². The van der Waals surface area contributed by atoms with E-state index in [9.17, 15) is 8.42 Å². The van der Waals surface area contributed by atoms with E-state index in [-0.39, 0.29) is 10.6 Å². The molecule has 1 atom stereocenters. The second-order valence-electron chi connectivity index (χ2n) is 3.87. The summed E-state index contributed by atoms with van der Waals surface area (Å²) >= 11 is 0. The topological polar surface area (TPSA) is 112 Å². The lowest BCUT2D eigenvalue weighted by atomic mass is 10.2. The molecule has 2 heterocycles. The zero-order chi connectivity index (χ0) is 13.9. The van der Waals surface area contributed by atoms with Gasteiger partial charge in [0.15, 0.2) is 0 Å². The molecule has 8 heteroatoms. The minimum Gasteiger partial charge on any atom is -0.285 e. The minimum absolute atomic E-state index is 0.0156. The molecule has 1 unspecified atom stereocenters. The average molecular weight is 277 g/mol. The Morgan fingerprint density at radius 2 is 2.21 bits per heavy atom. The van der Waals surface area contributed by atoms with Crippen molar-refractivity contribution >= 4 is 10.0 Å². The third-order valence-electron chi connectivity index (χ3n) is 2.51. The number of pyridine rings is 1. The van der Waals surface area contributed by atoms with Crippen LogP contribution in [0.5, 0.6) is 0 Å². The zero-order valence-corrected chi connectivity index (χ0v) is 10.8. The van der Waals surface area contributed by atoms with Crippen molar-refractivity contribution in [2.75, 3.05) is 0 Å². The molecule has 19 heavy (non-hydrogen) atoms. The molecule has 0 amide bonds. The number of sulfonamides is 1. The van der Waals surface area contributed by atoms with Crippen LogP contribution >= 0.6 is 0 Å². The molecule has 2 N–H and O–H groups in total. The van der Waals surface area contributed by atoms with Gasteiger partial charge in [-0.25, -0.2) is 18.1 Å². The number of nitriles is 1. The average Bonchev–Trinajstić information content (AvgIpc) is 2.92. The van der Waals surface area contributed by atoms with Crippen LogP contribution < -0.4 is 4.72 Å². The summed E-state index contributed by atoms with van der Waals surface area (Å²) in [4.78, 5) is 3.75. The van der Waals surface area contributed by atoms with Crippen LogP contribution in [0, 0.1) is 11.3 Å². The van der Waals surface area contributed by atoms with E-state index in [1.165, 1.54) is 12.1 Å². The van der Waals surface area contributed by atoms with Crippen molar-refractivity contribution in [2.45, 2.75) is 17.9 Å². The summed E-state index contributed by atoms with van der Waals surface area (Å²) in [6.07, 6.45) is 4.32. The second-order valence-corrected chi connectivity index (χ2v) is 5.58. The summed E-state index contributed by atoms with van der Waals surface area (Å²) in [5, 5.41) is 15.0. The highest BCUT2D eigenvalue weighted by molar-refractivity contribution is 7.89. The van der Waals surface area contributed by atoms with Gasteiger partial charge in [-0.2, -0.15) is 10.4 Å². The highest BCUT2D eigenvalue weighted by Gasteiger charge is 2.19. The Balaban J connectivity index is 2.20. The fraction of sp³-hybridized carbons (Fsp3) is 0.182. The van der Waals surface area contributed by atoms with Crippen LogP contribution in [0.1, 0.15) is 24.2 Å². The van der Waals surface area contributed by atoms with Gasteiger partial charge in [0.1, 0.15) is 16.7 Å². The third-order valence-corrected chi connectivity index (χ3v) is 4.04. The van der Waals surface area contributed by atoms with Crippen LogP contribution in [-0.4, -0.2) is 23.6 Å². The molecule has 0 spiro atoms. The predicted molar refractivity (Wildman–Crippen MR) is 66.3 cm³/mol. The Morgan fingerprint density at radius 1 is 1.42 bits per heavy atom. The van der Waals surface area contributed by atoms with Crippen molar-refractivity contribution in [1.29, 1.82) is 5.26 Å². The SMILES string of the molecule is CC(NS(=O)(=O)c1ccc(C#N)nc1)c1cn[nH]c1. The fourth-order valence-electron chi connectivity index (χ4n) is 1.47. The van der Waals surface area contributed by atoms with Crippen molar-refractivity contribution < 1.29 is 8.42 Å². The molecule has 2 rings (SSSR count). The van der Waals surface area contributed by atoms with Crippen molar-refractivity contribution in [3.8, 4) is 6.07 Å². The molecule has 7 nitrogen and oxygen atoms in total. The van der Waals surface area contributed by atoms with E-state index >= 15 is 0 Å². The maximum atomic E-state index is 12.1. The lowest BCUT2D eigenvalue weighted by Crippen LogP contribution is -2.26. The molecule has 0 aliphatic carbocycles. The Kier molecular flexibility index (Phi) is 3.59. The first-order chi connectivity index (χ1) is 9.03. The van der Waals surface area contributed by atoms with Gasteiger partial charge in [-0.05, 0) is 19.1 Å². The zero-order valence-electron chi connectivity index (χ0n) is 10.0. The molecule has 98 valence electrons. The molecular weight excluding hydrogens is 266 g/mol. The maximum Gasteiger partial charge on any atom is 0.242 e. The first-order valence-corrected chi connectivity index (χ1v) is 6.88. The van der Waals surface area contributed by atoms with E-state index in [1.807, 2.05) is 6.07 Å². The molecular formula is C11H11N5O2S. The maximum absolute atomic E-state index is 12.1. The van der Waals surface area contributed by atoms with Crippen LogP contribution in [-0.2, 0) is 10.0 Å². The monoisotopic (exact) mass is 277 g/mol. The lowest BCUT2D eigenvalue weighted by Gasteiger charge is -2.12. The van der Waals surface area contributed by atoms with Crippen LogP contribution in [0.4, 0.5) is 0 Å². The number of aromatic nitrogens is 3. The van der Waals surface area contributed by atoms with Crippen LogP contribution in [0.2, 0.25) is 0 Å². The molecule has 0 saturated carbocycles. The minimum atomic E-state index is -3.67. The number of H-pyrrole nitrogens is 1. The molecule has 0 saturated heterocycles. The van der Waals surface area contributed by atoms with Crippen molar-refractivity contribution in [2.24, 2.45) is 0 Å². The van der Waals surface area contributed by atoms with Crippen LogP contribution in [0.3, 0.4) is 0 Å². The van der Waals surface area contributed by atoms with Crippen LogP contribution in [0.15, 0.2) is 35.6 Å². The van der Waals surface area contributed by atoms with Gasteiger partial charge >= 0.3 is 0 Å². The summed E-state index contributed by atoms with van der Waals surface area (Å²) in [5.41, 5.74) is 0.895. The number of hydrogen-bond donors (Lipinski definition) is 2. The molecule has 0 aliphatic rings. The Hall–Kier alpha value is -2.24. The summed E-state index contributed by atoms with van der Waals surface area (Å²) in [5.74, 6) is 0.